The first-order valence-electron chi connectivity index (χ1n) is 13.3. The van der Waals surface area contributed by atoms with Crippen molar-refractivity contribution in [2.75, 3.05) is 5.32 Å². The van der Waals surface area contributed by atoms with Crippen LogP contribution >= 0.6 is 11.3 Å². The molecular formula is C36H23NS. The number of fused-ring (bicyclic) bond motifs is 13. The normalized spacial score (nSPS) is 18.3. The summed E-state index contributed by atoms with van der Waals surface area (Å²) < 4.78 is 2.71. The zero-order valence-electron chi connectivity index (χ0n) is 20.6. The molecule has 38 heavy (non-hydrogen) atoms. The fourth-order valence-corrected chi connectivity index (χ4v) is 7.91. The Morgan fingerprint density at radius 1 is 0.605 bits per heavy atom. The highest BCUT2D eigenvalue weighted by atomic mass is 32.1. The number of hydrogen-bond donors (Lipinski definition) is 1. The fraction of sp³-hybridized carbons (Fsp3) is 0.0556. The number of hydrogen-bond acceptors (Lipinski definition) is 2. The topological polar surface area (TPSA) is 12.0 Å². The van der Waals surface area contributed by atoms with Gasteiger partial charge in [0.05, 0.1) is 6.04 Å². The van der Waals surface area contributed by atoms with Gasteiger partial charge in [-0.1, -0.05) is 103 Å². The first kappa shape index (κ1) is 20.6. The van der Waals surface area contributed by atoms with Crippen LogP contribution in [0.5, 0.6) is 0 Å². The van der Waals surface area contributed by atoms with Crippen molar-refractivity contribution in [1.29, 1.82) is 0 Å². The molecule has 0 radical (unpaired) electrons. The minimum atomic E-state index is 0.257. The number of anilines is 1. The second-order valence-electron chi connectivity index (χ2n) is 10.5. The summed E-state index contributed by atoms with van der Waals surface area (Å²) in [5.41, 5.74) is 5.32. The Hall–Kier alpha value is -4.40. The molecule has 1 aliphatic carbocycles. The maximum atomic E-state index is 3.93. The van der Waals surface area contributed by atoms with Gasteiger partial charge in [-0.25, -0.2) is 0 Å². The van der Waals surface area contributed by atoms with Crippen LogP contribution in [-0.4, -0.2) is 6.04 Å². The largest absolute Gasteiger partial charge is 0.377 e. The first-order valence-corrected chi connectivity index (χ1v) is 14.1. The van der Waals surface area contributed by atoms with Crippen molar-refractivity contribution in [3.63, 3.8) is 0 Å². The lowest BCUT2D eigenvalue weighted by molar-refractivity contribution is 0.813. The van der Waals surface area contributed by atoms with Gasteiger partial charge >= 0.3 is 0 Å². The van der Waals surface area contributed by atoms with Gasteiger partial charge in [-0.3, -0.25) is 0 Å². The van der Waals surface area contributed by atoms with E-state index in [0.717, 1.165) is 0 Å². The number of allylic oxidation sites excluding steroid dienone is 2. The molecule has 0 spiro atoms. The minimum absolute atomic E-state index is 0.257. The Morgan fingerprint density at radius 3 is 2.29 bits per heavy atom. The molecule has 1 N–H and O–H groups in total. The summed E-state index contributed by atoms with van der Waals surface area (Å²) in [6.45, 7) is 0. The van der Waals surface area contributed by atoms with E-state index in [-0.39, 0.29) is 12.0 Å². The average Bonchev–Trinajstić information content (AvgIpc) is 3.55. The highest BCUT2D eigenvalue weighted by Gasteiger charge is 2.35. The highest BCUT2D eigenvalue weighted by molar-refractivity contribution is 7.25. The van der Waals surface area contributed by atoms with Crippen molar-refractivity contribution in [3.8, 4) is 0 Å². The zero-order valence-corrected chi connectivity index (χ0v) is 21.4. The summed E-state index contributed by atoms with van der Waals surface area (Å²) in [4.78, 5) is 0. The number of benzene rings is 6. The van der Waals surface area contributed by atoms with Gasteiger partial charge in [-0.05, 0) is 61.8 Å². The third-order valence-electron chi connectivity index (χ3n) is 8.54. The number of nitrogens with one attached hydrogen (secondary N) is 1. The molecule has 178 valence electrons. The minimum Gasteiger partial charge on any atom is -0.377 e. The van der Waals surface area contributed by atoms with Crippen molar-refractivity contribution < 1.29 is 0 Å². The smallest absolute Gasteiger partial charge is 0.0552 e. The van der Waals surface area contributed by atoms with E-state index in [4.69, 9.17) is 0 Å². The highest BCUT2D eigenvalue weighted by Crippen LogP contribution is 2.51. The number of thiophene rings is 1. The molecule has 2 heterocycles. The van der Waals surface area contributed by atoms with Gasteiger partial charge in [0.15, 0.2) is 0 Å². The van der Waals surface area contributed by atoms with Crippen LogP contribution < -0.4 is 5.32 Å². The lowest BCUT2D eigenvalue weighted by atomic mass is 9.82. The van der Waals surface area contributed by atoms with E-state index < -0.39 is 0 Å². The molecule has 2 heteroatoms. The average molecular weight is 502 g/mol. The van der Waals surface area contributed by atoms with E-state index in [0.29, 0.717) is 0 Å². The van der Waals surface area contributed by atoms with E-state index in [9.17, 15) is 0 Å². The van der Waals surface area contributed by atoms with E-state index >= 15 is 0 Å². The van der Waals surface area contributed by atoms with E-state index in [1.165, 1.54) is 74.9 Å². The molecule has 0 saturated heterocycles. The van der Waals surface area contributed by atoms with Gasteiger partial charge < -0.3 is 5.32 Å². The standard InChI is InChI=1S/C36H23NS/c1-2-8-24-21(7-1)13-16-27-25-9-3-4-11-28(25)36-35(34(24)27)30-20-22(14-17-31(30)37-36)23-15-18-33-29(19-23)26-10-5-6-12-32(26)38-33/h1-20,30-31,37H. The van der Waals surface area contributed by atoms with E-state index in [1.54, 1.807) is 0 Å². The second-order valence-corrected chi connectivity index (χ2v) is 11.6. The molecular weight excluding hydrogens is 478 g/mol. The Bertz CT molecular complexity index is 2180. The maximum Gasteiger partial charge on any atom is 0.0552 e. The molecule has 0 bridgehead atoms. The van der Waals surface area contributed by atoms with Crippen molar-refractivity contribution >= 4 is 75.1 Å². The van der Waals surface area contributed by atoms with Crippen molar-refractivity contribution in [3.05, 3.63) is 132 Å². The van der Waals surface area contributed by atoms with Crippen molar-refractivity contribution in [1.82, 2.24) is 0 Å². The van der Waals surface area contributed by atoms with E-state index in [2.05, 4.69) is 127 Å². The summed E-state index contributed by atoms with van der Waals surface area (Å²) in [5, 5.41) is 14.6. The molecule has 0 amide bonds. The van der Waals surface area contributed by atoms with Crippen LogP contribution in [0.15, 0.2) is 121 Å². The molecule has 2 aliphatic rings. The molecule has 1 aromatic heterocycles. The summed E-state index contributed by atoms with van der Waals surface area (Å²) in [5.74, 6) is 0.276. The van der Waals surface area contributed by atoms with Crippen LogP contribution in [0.2, 0.25) is 0 Å². The molecule has 0 fully saturated rings. The monoisotopic (exact) mass is 501 g/mol. The van der Waals surface area contributed by atoms with Crippen LogP contribution in [0, 0.1) is 0 Å². The lowest BCUT2D eigenvalue weighted by Gasteiger charge is -2.21. The predicted octanol–water partition coefficient (Wildman–Crippen LogP) is 10.0. The van der Waals surface area contributed by atoms with Crippen LogP contribution in [-0.2, 0) is 0 Å². The van der Waals surface area contributed by atoms with Crippen molar-refractivity contribution in [2.45, 2.75) is 12.0 Å². The summed E-state index contributed by atoms with van der Waals surface area (Å²) >= 11 is 1.88. The molecule has 1 aliphatic heterocycles. The molecule has 1 nitrogen and oxygen atoms in total. The van der Waals surface area contributed by atoms with Gasteiger partial charge in [0.1, 0.15) is 0 Å². The lowest BCUT2D eigenvalue weighted by Crippen LogP contribution is -2.18. The molecule has 2 unspecified atom stereocenters. The Kier molecular flexibility index (Phi) is 4.11. The van der Waals surface area contributed by atoms with Crippen molar-refractivity contribution in [2.24, 2.45) is 0 Å². The maximum absolute atomic E-state index is 3.93. The van der Waals surface area contributed by atoms with Crippen LogP contribution in [0.1, 0.15) is 17.0 Å². The van der Waals surface area contributed by atoms with Crippen LogP contribution in [0.25, 0.3) is 58.1 Å². The molecule has 6 aromatic carbocycles. The van der Waals surface area contributed by atoms with E-state index in [1.807, 2.05) is 11.3 Å². The molecule has 0 saturated carbocycles. The zero-order chi connectivity index (χ0) is 24.8. The Balaban J connectivity index is 1.31. The van der Waals surface area contributed by atoms with Gasteiger partial charge in [-0.2, -0.15) is 0 Å². The first-order chi connectivity index (χ1) is 18.8. The summed E-state index contributed by atoms with van der Waals surface area (Å²) in [6, 6.07) is 38.3. The molecule has 7 aromatic rings. The van der Waals surface area contributed by atoms with Gasteiger partial charge in [0, 0.05) is 37.2 Å². The van der Waals surface area contributed by atoms with Crippen LogP contribution in [0.3, 0.4) is 0 Å². The second kappa shape index (κ2) is 7.56. The SMILES string of the molecule is C1=CC2Nc3c(c4c5ccccc5ccc4c4ccccc34)C2C=C1c1ccc2sc3ccccc3c2c1. The summed E-state index contributed by atoms with van der Waals surface area (Å²) in [6.07, 6.45) is 7.20. The predicted molar refractivity (Wildman–Crippen MR) is 166 cm³/mol. The number of rotatable bonds is 1. The molecule has 2 atom stereocenters. The van der Waals surface area contributed by atoms with Gasteiger partial charge in [0.25, 0.3) is 0 Å². The van der Waals surface area contributed by atoms with Crippen LogP contribution in [0.4, 0.5) is 5.69 Å². The molecule has 9 rings (SSSR count). The third-order valence-corrected chi connectivity index (χ3v) is 9.69. The Labute approximate surface area is 224 Å². The van der Waals surface area contributed by atoms with Gasteiger partial charge in [-0.15, -0.1) is 11.3 Å². The fourth-order valence-electron chi connectivity index (χ4n) is 6.83. The quantitative estimate of drug-likeness (QED) is 0.221. The third kappa shape index (κ3) is 2.76. The summed E-state index contributed by atoms with van der Waals surface area (Å²) in [7, 11) is 0. The Morgan fingerprint density at radius 2 is 1.37 bits per heavy atom. The van der Waals surface area contributed by atoms with Gasteiger partial charge in [0.2, 0.25) is 0 Å².